The summed E-state index contributed by atoms with van der Waals surface area (Å²) in [5.74, 6) is -0.163. The van der Waals surface area contributed by atoms with Crippen molar-refractivity contribution in [1.82, 2.24) is 5.32 Å². The topological polar surface area (TPSA) is 12.0 Å². The molecule has 0 aliphatic heterocycles. The number of halogens is 2. The van der Waals surface area contributed by atoms with Crippen molar-refractivity contribution in [1.29, 1.82) is 0 Å². The smallest absolute Gasteiger partial charge is 0.123 e. The number of benzene rings is 1. The summed E-state index contributed by atoms with van der Waals surface area (Å²) < 4.78 is 13.0. The number of nitrogens with one attached hydrogen (secondary N) is 1. The molecule has 2 atom stereocenters. The minimum atomic E-state index is -0.163. The number of hydrogen-bond acceptors (Lipinski definition) is 1. The van der Waals surface area contributed by atoms with Crippen LogP contribution in [0.1, 0.15) is 31.4 Å². The van der Waals surface area contributed by atoms with Gasteiger partial charge in [0.1, 0.15) is 5.82 Å². The third-order valence-electron chi connectivity index (χ3n) is 2.63. The first-order valence-corrected chi connectivity index (χ1v) is 6.53. The highest BCUT2D eigenvalue weighted by Crippen LogP contribution is 2.11. The van der Waals surface area contributed by atoms with Crippen molar-refractivity contribution in [3.8, 4) is 0 Å². The van der Waals surface area contributed by atoms with E-state index >= 15 is 0 Å². The normalized spacial score (nSPS) is 14.8. The zero-order valence-electron chi connectivity index (χ0n) is 10.1. The van der Waals surface area contributed by atoms with Crippen LogP contribution in [-0.4, -0.2) is 10.9 Å². The minimum absolute atomic E-state index is 0.163. The Hall–Kier alpha value is -0.410. The molecule has 0 spiro atoms. The van der Waals surface area contributed by atoms with Gasteiger partial charge in [0.2, 0.25) is 0 Å². The first-order valence-electron chi connectivity index (χ1n) is 5.61. The van der Waals surface area contributed by atoms with E-state index in [1.54, 1.807) is 6.07 Å². The Morgan fingerprint density at radius 3 is 2.69 bits per heavy atom. The highest BCUT2D eigenvalue weighted by Gasteiger charge is 2.06. The molecular weight excluding hydrogens is 269 g/mol. The van der Waals surface area contributed by atoms with E-state index in [9.17, 15) is 4.39 Å². The van der Waals surface area contributed by atoms with Crippen molar-refractivity contribution in [3.63, 3.8) is 0 Å². The van der Waals surface area contributed by atoms with Crippen LogP contribution in [0.2, 0.25) is 0 Å². The Morgan fingerprint density at radius 1 is 1.38 bits per heavy atom. The second-order valence-electron chi connectivity index (χ2n) is 4.37. The second-order valence-corrected chi connectivity index (χ2v) is 5.93. The van der Waals surface area contributed by atoms with Crippen LogP contribution in [0.5, 0.6) is 0 Å². The molecule has 1 aromatic carbocycles. The van der Waals surface area contributed by atoms with Crippen molar-refractivity contribution in [2.24, 2.45) is 0 Å². The number of rotatable bonds is 5. The van der Waals surface area contributed by atoms with Gasteiger partial charge in [-0.15, -0.1) is 0 Å². The van der Waals surface area contributed by atoms with Gasteiger partial charge in [-0.05, 0) is 43.5 Å². The summed E-state index contributed by atoms with van der Waals surface area (Å²) in [7, 11) is 0. The Morgan fingerprint density at radius 2 is 2.06 bits per heavy atom. The molecule has 1 aromatic rings. The summed E-state index contributed by atoms with van der Waals surface area (Å²) in [5, 5.41) is 3.40. The summed E-state index contributed by atoms with van der Waals surface area (Å²) in [6, 6.07) is 5.36. The third kappa shape index (κ3) is 4.62. The number of alkyl halides is 1. The Bertz CT molecular complexity index is 339. The van der Waals surface area contributed by atoms with Gasteiger partial charge in [-0.3, -0.25) is 0 Å². The van der Waals surface area contributed by atoms with E-state index in [2.05, 4.69) is 35.1 Å². The zero-order valence-corrected chi connectivity index (χ0v) is 11.6. The van der Waals surface area contributed by atoms with E-state index in [1.165, 1.54) is 6.07 Å². The van der Waals surface area contributed by atoms with E-state index in [0.717, 1.165) is 24.1 Å². The van der Waals surface area contributed by atoms with E-state index in [1.807, 2.05) is 13.0 Å². The standard InChI is InChI=1S/C13H19BrFN/c1-9-4-5-13(15)7-12(9)8-16-11(3)6-10(2)14/h4-5,7,10-11,16H,6,8H2,1-3H3. The molecule has 1 rings (SSSR count). The number of hydrogen-bond donors (Lipinski definition) is 1. The first-order chi connectivity index (χ1) is 7.49. The van der Waals surface area contributed by atoms with Crippen LogP contribution in [-0.2, 0) is 6.54 Å². The summed E-state index contributed by atoms with van der Waals surface area (Å²) in [6.07, 6.45) is 1.06. The van der Waals surface area contributed by atoms with Gasteiger partial charge in [0.05, 0.1) is 0 Å². The lowest BCUT2D eigenvalue weighted by atomic mass is 10.1. The largest absolute Gasteiger partial charge is 0.310 e. The van der Waals surface area contributed by atoms with Crippen LogP contribution >= 0.6 is 15.9 Å². The molecule has 0 radical (unpaired) electrons. The summed E-state index contributed by atoms with van der Waals surface area (Å²) in [6.45, 7) is 7.01. The van der Waals surface area contributed by atoms with Gasteiger partial charge in [-0.1, -0.05) is 28.9 Å². The summed E-state index contributed by atoms with van der Waals surface area (Å²) in [5.41, 5.74) is 2.17. The predicted molar refractivity (Wildman–Crippen MR) is 70.4 cm³/mol. The molecule has 0 heterocycles. The molecule has 1 nitrogen and oxygen atoms in total. The van der Waals surface area contributed by atoms with Gasteiger partial charge in [0, 0.05) is 17.4 Å². The van der Waals surface area contributed by atoms with Gasteiger partial charge >= 0.3 is 0 Å². The molecule has 0 saturated carbocycles. The van der Waals surface area contributed by atoms with Gasteiger partial charge in [-0.25, -0.2) is 4.39 Å². The fourth-order valence-corrected chi connectivity index (χ4v) is 2.25. The van der Waals surface area contributed by atoms with Gasteiger partial charge in [0.25, 0.3) is 0 Å². The van der Waals surface area contributed by atoms with Crippen molar-refractivity contribution in [2.75, 3.05) is 0 Å². The molecule has 2 unspecified atom stereocenters. The van der Waals surface area contributed by atoms with E-state index in [4.69, 9.17) is 0 Å². The molecule has 16 heavy (non-hydrogen) atoms. The van der Waals surface area contributed by atoms with Crippen molar-refractivity contribution < 1.29 is 4.39 Å². The Labute approximate surface area is 106 Å². The van der Waals surface area contributed by atoms with Gasteiger partial charge < -0.3 is 5.32 Å². The average molecular weight is 288 g/mol. The maximum absolute atomic E-state index is 13.0. The monoisotopic (exact) mass is 287 g/mol. The van der Waals surface area contributed by atoms with Crippen LogP contribution in [0.3, 0.4) is 0 Å². The SMILES string of the molecule is Cc1ccc(F)cc1CNC(C)CC(C)Br. The highest BCUT2D eigenvalue weighted by atomic mass is 79.9. The molecule has 90 valence electrons. The van der Waals surface area contributed by atoms with Crippen LogP contribution in [0.15, 0.2) is 18.2 Å². The van der Waals surface area contributed by atoms with Crippen LogP contribution < -0.4 is 5.32 Å². The molecule has 1 N–H and O–H groups in total. The number of aryl methyl sites for hydroxylation is 1. The second kappa shape index (κ2) is 6.36. The average Bonchev–Trinajstić information content (AvgIpc) is 2.18. The lowest BCUT2D eigenvalue weighted by molar-refractivity contribution is 0.513. The fraction of sp³-hybridized carbons (Fsp3) is 0.538. The van der Waals surface area contributed by atoms with Crippen molar-refractivity contribution in [3.05, 3.63) is 35.1 Å². The molecule has 3 heteroatoms. The lowest BCUT2D eigenvalue weighted by Crippen LogP contribution is -2.27. The Kier molecular flexibility index (Phi) is 5.42. The molecule has 0 amide bonds. The fourth-order valence-electron chi connectivity index (χ4n) is 1.69. The van der Waals surface area contributed by atoms with Gasteiger partial charge in [-0.2, -0.15) is 0 Å². The van der Waals surface area contributed by atoms with Crippen LogP contribution in [0, 0.1) is 12.7 Å². The molecular formula is C13H19BrFN. The van der Waals surface area contributed by atoms with Crippen LogP contribution in [0.25, 0.3) is 0 Å². The Balaban J connectivity index is 2.51. The van der Waals surface area contributed by atoms with Crippen molar-refractivity contribution in [2.45, 2.75) is 44.6 Å². The molecule has 0 aliphatic carbocycles. The minimum Gasteiger partial charge on any atom is -0.310 e. The third-order valence-corrected chi connectivity index (χ3v) is 3.00. The van der Waals surface area contributed by atoms with Crippen molar-refractivity contribution >= 4 is 15.9 Å². The summed E-state index contributed by atoms with van der Waals surface area (Å²) in [4.78, 5) is 0.503. The highest BCUT2D eigenvalue weighted by molar-refractivity contribution is 9.09. The first kappa shape index (κ1) is 13.7. The van der Waals surface area contributed by atoms with Crippen LogP contribution in [0.4, 0.5) is 4.39 Å². The lowest BCUT2D eigenvalue weighted by Gasteiger charge is -2.16. The maximum atomic E-state index is 13.0. The quantitative estimate of drug-likeness (QED) is 0.813. The van der Waals surface area contributed by atoms with E-state index in [0.29, 0.717) is 10.9 Å². The molecule has 0 aliphatic rings. The predicted octanol–water partition coefficient (Wildman–Crippen LogP) is 3.79. The summed E-state index contributed by atoms with van der Waals surface area (Å²) >= 11 is 3.53. The maximum Gasteiger partial charge on any atom is 0.123 e. The zero-order chi connectivity index (χ0) is 12.1. The molecule has 0 bridgehead atoms. The molecule has 0 aromatic heterocycles. The van der Waals surface area contributed by atoms with Gasteiger partial charge in [0.15, 0.2) is 0 Å². The van der Waals surface area contributed by atoms with E-state index in [-0.39, 0.29) is 5.82 Å². The molecule has 0 fully saturated rings. The van der Waals surface area contributed by atoms with E-state index < -0.39 is 0 Å². The molecule has 0 saturated heterocycles.